The Bertz CT molecular complexity index is 254. The van der Waals surface area contributed by atoms with Gasteiger partial charge >= 0.3 is 0 Å². The molecule has 2 heterocycles. The van der Waals surface area contributed by atoms with Gasteiger partial charge in [-0.15, -0.1) is 0 Å². The first kappa shape index (κ1) is 10.1. The van der Waals surface area contributed by atoms with Gasteiger partial charge < -0.3 is 4.74 Å². The lowest BCUT2D eigenvalue weighted by atomic mass is 9.91. The van der Waals surface area contributed by atoms with Crippen molar-refractivity contribution in [1.82, 2.24) is 4.90 Å². The Balaban J connectivity index is 2.17. The maximum atomic E-state index is 11.7. The third kappa shape index (κ3) is 1.30. The highest BCUT2D eigenvalue weighted by atomic mass is 16.5. The summed E-state index contributed by atoms with van der Waals surface area (Å²) >= 11 is 0. The fourth-order valence-electron chi connectivity index (χ4n) is 2.66. The van der Waals surface area contributed by atoms with Gasteiger partial charge in [-0.3, -0.25) is 9.69 Å². The molecule has 2 aliphatic heterocycles. The van der Waals surface area contributed by atoms with Gasteiger partial charge in [0.2, 0.25) is 0 Å². The smallest absolute Gasteiger partial charge is 0.149 e. The summed E-state index contributed by atoms with van der Waals surface area (Å²) in [5.41, 5.74) is -0.261. The molecule has 0 amide bonds. The van der Waals surface area contributed by atoms with Crippen LogP contribution >= 0.6 is 0 Å². The zero-order chi connectivity index (χ0) is 10.3. The van der Waals surface area contributed by atoms with Crippen molar-refractivity contribution in [2.24, 2.45) is 0 Å². The highest BCUT2D eigenvalue weighted by Gasteiger charge is 2.48. The van der Waals surface area contributed by atoms with E-state index in [0.717, 1.165) is 26.0 Å². The van der Waals surface area contributed by atoms with Crippen molar-refractivity contribution in [3.05, 3.63) is 0 Å². The molecule has 0 aromatic rings. The van der Waals surface area contributed by atoms with E-state index in [4.69, 9.17) is 4.74 Å². The molecular weight excluding hydrogens is 178 g/mol. The molecule has 3 nitrogen and oxygen atoms in total. The second-order valence-electron chi connectivity index (χ2n) is 4.68. The van der Waals surface area contributed by atoms with Gasteiger partial charge in [0, 0.05) is 12.6 Å². The van der Waals surface area contributed by atoms with Crippen LogP contribution in [0.2, 0.25) is 0 Å². The minimum atomic E-state index is -0.261. The maximum Gasteiger partial charge on any atom is 0.149 e. The number of nitrogens with zero attached hydrogens (tertiary/aromatic N) is 1. The third-order valence-electron chi connectivity index (χ3n) is 3.98. The predicted octanol–water partition coefficient (Wildman–Crippen LogP) is 1.22. The normalized spacial score (nSPS) is 35.9. The van der Waals surface area contributed by atoms with Crippen molar-refractivity contribution in [2.75, 3.05) is 13.2 Å². The van der Waals surface area contributed by atoms with Crippen molar-refractivity contribution >= 4 is 5.78 Å². The van der Waals surface area contributed by atoms with Crippen LogP contribution in [-0.2, 0) is 9.53 Å². The van der Waals surface area contributed by atoms with Crippen molar-refractivity contribution < 1.29 is 9.53 Å². The minimum absolute atomic E-state index is 0.261. The molecule has 14 heavy (non-hydrogen) atoms. The number of morpholine rings is 1. The number of likely N-dealkylation sites (tertiary alicyclic amines) is 1. The summed E-state index contributed by atoms with van der Waals surface area (Å²) in [7, 11) is 0. The van der Waals surface area contributed by atoms with Gasteiger partial charge in [-0.05, 0) is 26.7 Å². The summed E-state index contributed by atoms with van der Waals surface area (Å²) in [4.78, 5) is 14.0. The fraction of sp³-hybridized carbons (Fsp3) is 0.909. The lowest BCUT2D eigenvalue weighted by Crippen LogP contribution is -2.55. The number of ether oxygens (including phenoxy) is 1. The third-order valence-corrected chi connectivity index (χ3v) is 3.98. The van der Waals surface area contributed by atoms with Crippen LogP contribution in [0.1, 0.15) is 33.6 Å². The zero-order valence-corrected chi connectivity index (χ0v) is 9.25. The molecule has 2 saturated heterocycles. The predicted molar refractivity (Wildman–Crippen MR) is 54.2 cm³/mol. The van der Waals surface area contributed by atoms with Crippen LogP contribution < -0.4 is 0 Å². The Morgan fingerprint density at radius 3 is 2.71 bits per heavy atom. The van der Waals surface area contributed by atoms with E-state index in [1.165, 1.54) is 0 Å². The zero-order valence-electron chi connectivity index (χ0n) is 9.25. The number of Topliss-reactive ketones (excluding diaryl/α,β-unsaturated/α-hetero) is 1. The molecule has 2 bridgehead atoms. The van der Waals surface area contributed by atoms with E-state index in [1.54, 1.807) is 6.92 Å². The lowest BCUT2D eigenvalue weighted by Gasteiger charge is -2.41. The molecule has 0 saturated carbocycles. The maximum absolute atomic E-state index is 11.7. The van der Waals surface area contributed by atoms with Crippen molar-refractivity contribution in [1.29, 1.82) is 0 Å². The van der Waals surface area contributed by atoms with Gasteiger partial charge in [-0.1, -0.05) is 6.92 Å². The number of hydrogen-bond donors (Lipinski definition) is 0. The molecule has 3 atom stereocenters. The molecule has 0 aromatic heterocycles. The molecule has 80 valence electrons. The number of fused-ring (bicyclic) bond motifs is 2. The standard InChI is InChI=1S/C11H19NO2/c1-4-11(3,8(2)13)12-6-10-5-9(12)7-14-10/h9-10H,4-7H2,1-3H3. The molecule has 2 rings (SSSR count). The molecule has 0 radical (unpaired) electrons. The summed E-state index contributed by atoms with van der Waals surface area (Å²) < 4.78 is 5.55. The Hall–Kier alpha value is -0.410. The first-order chi connectivity index (χ1) is 6.58. The molecule has 0 aromatic carbocycles. The molecule has 2 fully saturated rings. The largest absolute Gasteiger partial charge is 0.375 e. The Kier molecular flexibility index (Phi) is 2.40. The number of carbonyl (C=O) groups excluding carboxylic acids is 1. The molecule has 0 aliphatic carbocycles. The van der Waals surface area contributed by atoms with Crippen LogP contribution in [-0.4, -0.2) is 41.5 Å². The van der Waals surface area contributed by atoms with Gasteiger partial charge in [0.25, 0.3) is 0 Å². The van der Waals surface area contributed by atoms with E-state index in [9.17, 15) is 4.79 Å². The van der Waals surface area contributed by atoms with Gasteiger partial charge in [0.1, 0.15) is 5.78 Å². The van der Waals surface area contributed by atoms with Crippen LogP contribution in [0.15, 0.2) is 0 Å². The lowest BCUT2D eigenvalue weighted by molar-refractivity contribution is -0.131. The molecule has 0 spiro atoms. The average Bonchev–Trinajstić information content (AvgIpc) is 2.77. The number of carbonyl (C=O) groups is 1. The van der Waals surface area contributed by atoms with Crippen LogP contribution in [0.25, 0.3) is 0 Å². The quantitative estimate of drug-likeness (QED) is 0.681. The monoisotopic (exact) mass is 197 g/mol. The molecular formula is C11H19NO2. The highest BCUT2D eigenvalue weighted by Crippen LogP contribution is 2.35. The number of hydrogen-bond acceptors (Lipinski definition) is 3. The first-order valence-electron chi connectivity index (χ1n) is 5.47. The Morgan fingerprint density at radius 1 is 1.64 bits per heavy atom. The summed E-state index contributed by atoms with van der Waals surface area (Å²) in [6, 6.07) is 0.480. The van der Waals surface area contributed by atoms with E-state index in [0.29, 0.717) is 12.1 Å². The summed E-state index contributed by atoms with van der Waals surface area (Å²) in [5, 5.41) is 0. The summed E-state index contributed by atoms with van der Waals surface area (Å²) in [6.07, 6.45) is 2.39. The van der Waals surface area contributed by atoms with Crippen molar-refractivity contribution in [3.8, 4) is 0 Å². The SMILES string of the molecule is CCC(C)(C(C)=O)N1CC2CC1CO2. The van der Waals surface area contributed by atoms with E-state index in [2.05, 4.69) is 18.7 Å². The van der Waals surface area contributed by atoms with Crippen molar-refractivity contribution in [3.63, 3.8) is 0 Å². The minimum Gasteiger partial charge on any atom is -0.375 e. The summed E-state index contributed by atoms with van der Waals surface area (Å²) in [5.74, 6) is 0.285. The van der Waals surface area contributed by atoms with Crippen molar-refractivity contribution in [2.45, 2.75) is 51.3 Å². The molecule has 2 aliphatic rings. The van der Waals surface area contributed by atoms with E-state index < -0.39 is 0 Å². The van der Waals surface area contributed by atoms with Gasteiger partial charge in [0.05, 0.1) is 18.2 Å². The number of rotatable bonds is 3. The van der Waals surface area contributed by atoms with Gasteiger partial charge in [0.15, 0.2) is 0 Å². The van der Waals surface area contributed by atoms with Crippen LogP contribution in [0, 0.1) is 0 Å². The molecule has 3 unspecified atom stereocenters. The van der Waals surface area contributed by atoms with Gasteiger partial charge in [-0.2, -0.15) is 0 Å². The molecule has 0 N–H and O–H groups in total. The van der Waals surface area contributed by atoms with Gasteiger partial charge in [-0.25, -0.2) is 0 Å². The fourth-order valence-corrected chi connectivity index (χ4v) is 2.66. The Morgan fingerprint density at radius 2 is 2.36 bits per heavy atom. The van der Waals surface area contributed by atoms with Crippen LogP contribution in [0.4, 0.5) is 0 Å². The second-order valence-corrected chi connectivity index (χ2v) is 4.68. The Labute approximate surface area is 85.4 Å². The van der Waals surface area contributed by atoms with E-state index >= 15 is 0 Å². The second kappa shape index (κ2) is 3.31. The number of ketones is 1. The molecule has 3 heteroatoms. The first-order valence-corrected chi connectivity index (χ1v) is 5.47. The summed E-state index contributed by atoms with van der Waals surface area (Å²) in [6.45, 7) is 7.61. The topological polar surface area (TPSA) is 29.5 Å². The average molecular weight is 197 g/mol. The van der Waals surface area contributed by atoms with Crippen LogP contribution in [0.5, 0.6) is 0 Å². The van der Waals surface area contributed by atoms with E-state index in [-0.39, 0.29) is 11.3 Å². The van der Waals surface area contributed by atoms with Crippen LogP contribution in [0.3, 0.4) is 0 Å². The van der Waals surface area contributed by atoms with E-state index in [1.807, 2.05) is 0 Å². The highest BCUT2D eigenvalue weighted by molar-refractivity contribution is 5.85.